The first-order valence-electron chi connectivity index (χ1n) is 10.5. The second-order valence-electron chi connectivity index (χ2n) is 7.64. The van der Waals surface area contributed by atoms with Crippen molar-refractivity contribution in [1.29, 1.82) is 0 Å². The van der Waals surface area contributed by atoms with Crippen LogP contribution in [-0.2, 0) is 14.8 Å². The van der Waals surface area contributed by atoms with Crippen molar-refractivity contribution in [2.45, 2.75) is 4.90 Å². The van der Waals surface area contributed by atoms with Crippen molar-refractivity contribution < 1.29 is 27.1 Å². The summed E-state index contributed by atoms with van der Waals surface area (Å²) in [6, 6.07) is 17.1. The number of nitrogens with zero attached hydrogens (tertiary/aromatic N) is 1. The number of carbonyl (C=O) groups is 1. The molecule has 1 amide bonds. The van der Waals surface area contributed by atoms with E-state index in [1.54, 1.807) is 6.07 Å². The number of furan rings is 1. The highest BCUT2D eigenvalue weighted by Crippen LogP contribution is 2.36. The SMILES string of the molecule is COc1cc2c(cc1NC(=O)c1ccc(S(=O)(=O)N3CCOCC3)cc1)oc1ccccc12. The Bertz CT molecular complexity index is 1440. The van der Waals surface area contributed by atoms with E-state index in [0.29, 0.717) is 48.9 Å². The minimum absolute atomic E-state index is 0.141. The fourth-order valence-electron chi connectivity index (χ4n) is 3.93. The first kappa shape index (κ1) is 21.4. The molecule has 3 aromatic carbocycles. The van der Waals surface area contributed by atoms with E-state index in [1.807, 2.05) is 30.3 Å². The van der Waals surface area contributed by atoms with Gasteiger partial charge in [0.1, 0.15) is 16.9 Å². The number of fused-ring (bicyclic) bond motifs is 3. The summed E-state index contributed by atoms with van der Waals surface area (Å²) in [5.41, 5.74) is 2.15. The zero-order chi connectivity index (χ0) is 23.0. The third-order valence-electron chi connectivity index (χ3n) is 5.67. The standard InChI is InChI=1S/C24H22N2O6S/c1-30-23-14-19-18-4-2-3-5-21(18)32-22(19)15-20(23)25-24(27)16-6-8-17(9-7-16)33(28,29)26-10-12-31-13-11-26/h2-9,14-15H,10-13H2,1H3,(H,25,27). The van der Waals surface area contributed by atoms with Gasteiger partial charge in [-0.3, -0.25) is 4.79 Å². The molecule has 33 heavy (non-hydrogen) atoms. The number of benzene rings is 3. The first-order chi connectivity index (χ1) is 16.0. The Labute approximate surface area is 190 Å². The van der Waals surface area contributed by atoms with Crippen molar-refractivity contribution in [3.05, 3.63) is 66.2 Å². The largest absolute Gasteiger partial charge is 0.495 e. The van der Waals surface area contributed by atoms with Gasteiger partial charge in [0.2, 0.25) is 10.0 Å². The van der Waals surface area contributed by atoms with Gasteiger partial charge < -0.3 is 19.2 Å². The molecular weight excluding hydrogens is 444 g/mol. The molecule has 0 radical (unpaired) electrons. The van der Waals surface area contributed by atoms with Crippen LogP contribution >= 0.6 is 0 Å². The summed E-state index contributed by atoms with van der Waals surface area (Å²) < 4.78 is 43.6. The molecular formula is C24H22N2O6S. The Morgan fingerprint density at radius 1 is 0.970 bits per heavy atom. The summed E-state index contributed by atoms with van der Waals surface area (Å²) in [5, 5.41) is 4.68. The number of ether oxygens (including phenoxy) is 2. The predicted octanol–water partition coefficient (Wildman–Crippen LogP) is 3.87. The topological polar surface area (TPSA) is 98.1 Å². The van der Waals surface area contributed by atoms with E-state index in [9.17, 15) is 13.2 Å². The van der Waals surface area contributed by atoms with Gasteiger partial charge in [-0.1, -0.05) is 18.2 Å². The Kier molecular flexibility index (Phi) is 5.53. The van der Waals surface area contributed by atoms with Gasteiger partial charge in [0.25, 0.3) is 5.91 Å². The van der Waals surface area contributed by atoms with Gasteiger partial charge in [0, 0.05) is 35.5 Å². The maximum absolute atomic E-state index is 12.9. The monoisotopic (exact) mass is 466 g/mol. The third kappa shape index (κ3) is 3.95. The molecule has 9 heteroatoms. The number of nitrogens with one attached hydrogen (secondary N) is 1. The molecule has 2 heterocycles. The normalized spacial score (nSPS) is 15.1. The van der Waals surface area contributed by atoms with Gasteiger partial charge in [0.05, 0.1) is 30.9 Å². The second kappa shape index (κ2) is 8.51. The fraction of sp³-hybridized carbons (Fsp3) is 0.208. The van der Waals surface area contributed by atoms with Gasteiger partial charge in [-0.2, -0.15) is 4.31 Å². The molecule has 0 aliphatic carbocycles. The fourth-order valence-corrected chi connectivity index (χ4v) is 5.33. The van der Waals surface area contributed by atoms with Crippen molar-refractivity contribution in [3.8, 4) is 5.75 Å². The number of sulfonamides is 1. The van der Waals surface area contributed by atoms with E-state index >= 15 is 0 Å². The second-order valence-corrected chi connectivity index (χ2v) is 9.58. The molecule has 5 rings (SSSR count). The lowest BCUT2D eigenvalue weighted by Gasteiger charge is -2.26. The number of anilines is 1. The van der Waals surface area contributed by atoms with Crippen LogP contribution in [0.4, 0.5) is 5.69 Å². The highest BCUT2D eigenvalue weighted by atomic mass is 32.2. The summed E-state index contributed by atoms with van der Waals surface area (Å²) in [7, 11) is -2.09. The molecule has 1 aromatic heterocycles. The van der Waals surface area contributed by atoms with Crippen molar-refractivity contribution in [1.82, 2.24) is 4.31 Å². The van der Waals surface area contributed by atoms with Crippen LogP contribution in [-0.4, -0.2) is 52.0 Å². The number of rotatable bonds is 5. The van der Waals surface area contributed by atoms with Crippen LogP contribution in [0.2, 0.25) is 0 Å². The van der Waals surface area contributed by atoms with E-state index in [4.69, 9.17) is 13.9 Å². The number of carbonyl (C=O) groups excluding carboxylic acids is 1. The zero-order valence-electron chi connectivity index (χ0n) is 17.9. The molecule has 8 nitrogen and oxygen atoms in total. The number of para-hydroxylation sites is 1. The van der Waals surface area contributed by atoms with Crippen LogP contribution in [0.5, 0.6) is 5.75 Å². The lowest BCUT2D eigenvalue weighted by Crippen LogP contribution is -2.40. The number of amides is 1. The molecule has 1 saturated heterocycles. The van der Waals surface area contributed by atoms with Gasteiger partial charge in [-0.15, -0.1) is 0 Å². The van der Waals surface area contributed by atoms with Crippen molar-refractivity contribution in [2.75, 3.05) is 38.7 Å². The lowest BCUT2D eigenvalue weighted by atomic mass is 10.1. The molecule has 170 valence electrons. The average molecular weight is 467 g/mol. The van der Waals surface area contributed by atoms with E-state index in [-0.39, 0.29) is 10.8 Å². The molecule has 0 unspecified atom stereocenters. The van der Waals surface area contributed by atoms with Crippen molar-refractivity contribution in [3.63, 3.8) is 0 Å². The van der Waals surface area contributed by atoms with E-state index < -0.39 is 10.0 Å². The Morgan fingerprint density at radius 2 is 1.70 bits per heavy atom. The zero-order valence-corrected chi connectivity index (χ0v) is 18.7. The number of hydrogen-bond acceptors (Lipinski definition) is 6. The molecule has 1 aliphatic rings. The molecule has 0 atom stereocenters. The summed E-state index contributed by atoms with van der Waals surface area (Å²) in [5.74, 6) is 0.105. The molecule has 0 bridgehead atoms. The van der Waals surface area contributed by atoms with Crippen LogP contribution in [0, 0.1) is 0 Å². The van der Waals surface area contributed by atoms with Crippen molar-refractivity contribution in [2.24, 2.45) is 0 Å². The lowest BCUT2D eigenvalue weighted by molar-refractivity contribution is 0.0730. The molecule has 1 aliphatic heterocycles. The highest BCUT2D eigenvalue weighted by Gasteiger charge is 2.26. The van der Waals surface area contributed by atoms with Gasteiger partial charge in [0.15, 0.2) is 0 Å². The van der Waals surface area contributed by atoms with Crippen LogP contribution in [0.25, 0.3) is 21.9 Å². The Morgan fingerprint density at radius 3 is 2.42 bits per heavy atom. The maximum Gasteiger partial charge on any atom is 0.255 e. The summed E-state index contributed by atoms with van der Waals surface area (Å²) in [6.45, 7) is 1.37. The van der Waals surface area contributed by atoms with Crippen LogP contribution in [0.1, 0.15) is 10.4 Å². The van der Waals surface area contributed by atoms with Crippen LogP contribution in [0.3, 0.4) is 0 Å². The number of methoxy groups -OCH3 is 1. The molecule has 1 N–H and O–H groups in total. The smallest absolute Gasteiger partial charge is 0.255 e. The molecule has 0 saturated carbocycles. The number of hydrogen-bond donors (Lipinski definition) is 1. The van der Waals surface area contributed by atoms with Gasteiger partial charge in [-0.25, -0.2) is 8.42 Å². The summed E-state index contributed by atoms with van der Waals surface area (Å²) in [6.07, 6.45) is 0. The van der Waals surface area contributed by atoms with Gasteiger partial charge in [-0.05, 0) is 36.4 Å². The first-order valence-corrected chi connectivity index (χ1v) is 11.9. The third-order valence-corrected chi connectivity index (χ3v) is 7.58. The quantitative estimate of drug-likeness (QED) is 0.480. The number of morpholine rings is 1. The molecule has 0 spiro atoms. The minimum Gasteiger partial charge on any atom is -0.495 e. The van der Waals surface area contributed by atoms with E-state index in [2.05, 4.69) is 5.32 Å². The van der Waals surface area contributed by atoms with Crippen molar-refractivity contribution >= 4 is 43.6 Å². The summed E-state index contributed by atoms with van der Waals surface area (Å²) in [4.78, 5) is 13.0. The Balaban J connectivity index is 1.40. The van der Waals surface area contributed by atoms with E-state index in [0.717, 1.165) is 16.4 Å². The molecule has 4 aromatic rings. The predicted molar refractivity (Wildman–Crippen MR) is 124 cm³/mol. The average Bonchev–Trinajstić information content (AvgIpc) is 3.21. The maximum atomic E-state index is 12.9. The highest BCUT2D eigenvalue weighted by molar-refractivity contribution is 7.89. The Hall–Kier alpha value is -3.40. The van der Waals surface area contributed by atoms with Crippen LogP contribution < -0.4 is 10.1 Å². The van der Waals surface area contributed by atoms with Gasteiger partial charge >= 0.3 is 0 Å². The van der Waals surface area contributed by atoms with E-state index in [1.165, 1.54) is 35.7 Å². The minimum atomic E-state index is -3.62. The molecule has 1 fully saturated rings. The summed E-state index contributed by atoms with van der Waals surface area (Å²) >= 11 is 0. The van der Waals surface area contributed by atoms with Crippen LogP contribution in [0.15, 0.2) is 70.0 Å².